The molecule has 0 unspecified atom stereocenters. The highest BCUT2D eigenvalue weighted by Crippen LogP contribution is 2.32. The number of nitrogens with zero attached hydrogens (tertiary/aromatic N) is 9. The van der Waals surface area contributed by atoms with Gasteiger partial charge < -0.3 is 20.7 Å². The second-order valence-corrected chi connectivity index (χ2v) is 9.96. The Labute approximate surface area is 232 Å². The van der Waals surface area contributed by atoms with Gasteiger partial charge in [0, 0.05) is 56.4 Å². The first kappa shape index (κ1) is 25.7. The molecule has 12 nitrogen and oxygen atoms in total. The minimum Gasteiger partial charge on any atom is -0.378 e. The predicted molar refractivity (Wildman–Crippen MR) is 152 cm³/mol. The number of guanidine groups is 1. The maximum Gasteiger partial charge on any atom is 0.209 e. The van der Waals surface area contributed by atoms with E-state index in [2.05, 4.69) is 35.8 Å². The largest absolute Gasteiger partial charge is 0.378 e. The fourth-order valence-electron chi connectivity index (χ4n) is 5.33. The fourth-order valence-corrected chi connectivity index (χ4v) is 5.33. The molecule has 0 bridgehead atoms. The molecule has 5 heterocycles. The van der Waals surface area contributed by atoms with Crippen molar-refractivity contribution in [3.63, 3.8) is 0 Å². The van der Waals surface area contributed by atoms with Crippen LogP contribution in [0.2, 0.25) is 0 Å². The van der Waals surface area contributed by atoms with Crippen LogP contribution in [0.3, 0.4) is 0 Å². The van der Waals surface area contributed by atoms with Crippen LogP contribution >= 0.6 is 0 Å². The minimum atomic E-state index is 0.0397. The number of pyridine rings is 1. The van der Waals surface area contributed by atoms with E-state index < -0.39 is 0 Å². The summed E-state index contributed by atoms with van der Waals surface area (Å²) < 4.78 is 7.70. The Morgan fingerprint density at radius 2 is 1.88 bits per heavy atom. The number of morpholine rings is 1. The zero-order chi connectivity index (χ0) is 27.3. The van der Waals surface area contributed by atoms with Crippen LogP contribution in [0.1, 0.15) is 24.4 Å². The summed E-state index contributed by atoms with van der Waals surface area (Å²) in [5.74, 6) is 1.56. The highest BCUT2D eigenvalue weighted by Gasteiger charge is 2.26. The summed E-state index contributed by atoms with van der Waals surface area (Å²) in [6.45, 7) is 5.75. The van der Waals surface area contributed by atoms with Crippen molar-refractivity contribution in [1.29, 1.82) is 5.26 Å². The Kier molecular flexibility index (Phi) is 7.47. The van der Waals surface area contributed by atoms with E-state index in [1.165, 1.54) is 5.56 Å². The van der Waals surface area contributed by atoms with Gasteiger partial charge in [-0.3, -0.25) is 9.88 Å². The van der Waals surface area contributed by atoms with Crippen LogP contribution < -0.4 is 16.0 Å². The SMILES string of the molecule is N#C/N=C(/N)Nc1ccc(-c2nc(N3CCOCC3)c3cnn(C4CCN(Cc5cccnc5)CC4)c3n2)cc1. The Morgan fingerprint density at radius 3 is 2.60 bits per heavy atom. The second-order valence-electron chi connectivity index (χ2n) is 9.96. The molecule has 2 fully saturated rings. The summed E-state index contributed by atoms with van der Waals surface area (Å²) in [6, 6.07) is 12.0. The molecule has 0 atom stereocenters. The molecular weight excluding hydrogens is 506 g/mol. The van der Waals surface area contributed by atoms with Gasteiger partial charge in [0.25, 0.3) is 0 Å². The van der Waals surface area contributed by atoms with Crippen molar-refractivity contribution in [2.75, 3.05) is 49.6 Å². The van der Waals surface area contributed by atoms with E-state index in [4.69, 9.17) is 30.8 Å². The van der Waals surface area contributed by atoms with E-state index in [1.54, 1.807) is 6.19 Å². The summed E-state index contributed by atoms with van der Waals surface area (Å²) >= 11 is 0. The third kappa shape index (κ3) is 5.56. The first-order valence-electron chi connectivity index (χ1n) is 13.5. The van der Waals surface area contributed by atoms with E-state index in [0.717, 1.165) is 73.7 Å². The lowest BCUT2D eigenvalue weighted by molar-refractivity contribution is 0.122. The normalized spacial score (nSPS) is 17.2. The lowest BCUT2D eigenvalue weighted by atomic mass is 10.0. The summed E-state index contributed by atoms with van der Waals surface area (Å²) in [6.07, 6.45) is 9.33. The standard InChI is InChI=1S/C28H31N11O/c29-19-32-28(30)34-22-5-3-21(4-6-22)25-35-26(38-12-14-40-15-13-38)24-17-33-39(27(24)36-25)23-7-10-37(11-8-23)18-20-2-1-9-31-16-20/h1-6,9,16-17,23H,7-8,10-15,18H2,(H3,30,32,34). The molecule has 12 heteroatoms. The first-order valence-corrected chi connectivity index (χ1v) is 13.5. The average molecular weight is 538 g/mol. The van der Waals surface area contributed by atoms with Gasteiger partial charge in [-0.05, 0) is 48.7 Å². The molecule has 0 aliphatic carbocycles. The van der Waals surface area contributed by atoms with Gasteiger partial charge in [0.2, 0.25) is 12.2 Å². The molecule has 3 aromatic heterocycles. The molecule has 1 aromatic carbocycles. The monoisotopic (exact) mass is 537 g/mol. The van der Waals surface area contributed by atoms with Gasteiger partial charge in [-0.15, -0.1) is 4.99 Å². The number of aliphatic imine (C=N–C) groups is 1. The van der Waals surface area contributed by atoms with Gasteiger partial charge >= 0.3 is 0 Å². The van der Waals surface area contributed by atoms with Crippen LogP contribution in [-0.4, -0.2) is 75.0 Å². The topological polar surface area (TPSA) is 146 Å². The highest BCUT2D eigenvalue weighted by molar-refractivity contribution is 5.93. The summed E-state index contributed by atoms with van der Waals surface area (Å²) in [5, 5.41) is 17.4. The zero-order valence-electron chi connectivity index (χ0n) is 22.1. The molecule has 40 heavy (non-hydrogen) atoms. The van der Waals surface area contributed by atoms with Crippen molar-refractivity contribution in [2.24, 2.45) is 10.7 Å². The van der Waals surface area contributed by atoms with Crippen molar-refractivity contribution in [3.05, 3.63) is 60.6 Å². The number of hydrogen-bond acceptors (Lipinski definition) is 9. The number of benzene rings is 1. The van der Waals surface area contributed by atoms with Crippen molar-refractivity contribution in [1.82, 2.24) is 29.6 Å². The molecular formula is C28H31N11O. The Hall–Kier alpha value is -4.60. The third-order valence-corrected chi connectivity index (χ3v) is 7.36. The van der Waals surface area contributed by atoms with Crippen molar-refractivity contribution < 1.29 is 4.74 Å². The van der Waals surface area contributed by atoms with E-state index in [0.29, 0.717) is 19.0 Å². The number of piperidine rings is 1. The third-order valence-electron chi connectivity index (χ3n) is 7.36. The van der Waals surface area contributed by atoms with Gasteiger partial charge in [-0.25, -0.2) is 14.6 Å². The van der Waals surface area contributed by atoms with Crippen molar-refractivity contribution in [3.8, 4) is 17.6 Å². The number of nitrogens with two attached hydrogens (primary N) is 1. The summed E-state index contributed by atoms with van der Waals surface area (Å²) in [5.41, 5.74) is 9.39. The van der Waals surface area contributed by atoms with Gasteiger partial charge in [-0.2, -0.15) is 10.4 Å². The van der Waals surface area contributed by atoms with Crippen molar-refractivity contribution in [2.45, 2.75) is 25.4 Å². The van der Waals surface area contributed by atoms with Crippen LogP contribution in [0.5, 0.6) is 0 Å². The van der Waals surface area contributed by atoms with E-state index >= 15 is 0 Å². The van der Waals surface area contributed by atoms with E-state index in [1.807, 2.05) is 48.9 Å². The molecule has 4 aromatic rings. The number of aromatic nitrogens is 5. The molecule has 2 aliphatic rings. The fraction of sp³-hybridized carbons (Fsp3) is 0.357. The number of fused-ring (bicyclic) bond motifs is 1. The van der Waals surface area contributed by atoms with Crippen LogP contribution in [0, 0.1) is 11.5 Å². The van der Waals surface area contributed by atoms with Gasteiger partial charge in [0.15, 0.2) is 11.5 Å². The molecule has 2 aliphatic heterocycles. The van der Waals surface area contributed by atoms with Gasteiger partial charge in [0.05, 0.1) is 30.8 Å². The Morgan fingerprint density at radius 1 is 1.07 bits per heavy atom. The lowest BCUT2D eigenvalue weighted by Gasteiger charge is -2.32. The first-order chi connectivity index (χ1) is 19.7. The maximum atomic E-state index is 8.70. The quantitative estimate of drug-likeness (QED) is 0.214. The molecule has 0 amide bonds. The number of anilines is 2. The summed E-state index contributed by atoms with van der Waals surface area (Å²) in [4.78, 5) is 22.5. The maximum absolute atomic E-state index is 8.70. The van der Waals surface area contributed by atoms with E-state index in [9.17, 15) is 0 Å². The number of likely N-dealkylation sites (tertiary alicyclic amines) is 1. The van der Waals surface area contributed by atoms with E-state index in [-0.39, 0.29) is 12.0 Å². The molecule has 3 N–H and O–H groups in total. The average Bonchev–Trinajstić information content (AvgIpc) is 3.43. The van der Waals surface area contributed by atoms with Crippen LogP contribution in [0.15, 0.2) is 60.0 Å². The zero-order valence-corrected chi connectivity index (χ0v) is 22.1. The van der Waals surface area contributed by atoms with Gasteiger partial charge in [-0.1, -0.05) is 6.07 Å². The predicted octanol–water partition coefficient (Wildman–Crippen LogP) is 2.77. The number of nitrogens with one attached hydrogen (secondary N) is 1. The highest BCUT2D eigenvalue weighted by atomic mass is 16.5. The number of rotatable bonds is 6. The molecule has 0 spiro atoms. The molecule has 6 rings (SSSR count). The van der Waals surface area contributed by atoms with Crippen LogP contribution in [0.25, 0.3) is 22.4 Å². The summed E-state index contributed by atoms with van der Waals surface area (Å²) in [7, 11) is 0. The van der Waals surface area contributed by atoms with Crippen molar-refractivity contribution >= 4 is 28.5 Å². The van der Waals surface area contributed by atoms with Crippen LogP contribution in [-0.2, 0) is 11.3 Å². The molecule has 0 radical (unpaired) electrons. The molecule has 2 saturated heterocycles. The Balaban J connectivity index is 1.29. The number of ether oxygens (including phenoxy) is 1. The Bertz CT molecular complexity index is 1510. The molecule has 204 valence electrons. The van der Waals surface area contributed by atoms with Gasteiger partial charge in [0.1, 0.15) is 5.82 Å². The number of nitriles is 1. The second kappa shape index (κ2) is 11.6. The lowest BCUT2D eigenvalue weighted by Crippen LogP contribution is -2.37. The smallest absolute Gasteiger partial charge is 0.209 e. The molecule has 0 saturated carbocycles. The number of hydrogen-bond donors (Lipinski definition) is 2. The van der Waals surface area contributed by atoms with Crippen LogP contribution in [0.4, 0.5) is 11.5 Å². The minimum absolute atomic E-state index is 0.0397.